The average molecular weight is 263 g/mol. The van der Waals surface area contributed by atoms with Gasteiger partial charge in [-0.3, -0.25) is 4.79 Å². The number of rotatable bonds is 1. The number of halogens is 1. The second-order valence-corrected chi connectivity index (χ2v) is 5.53. The Balaban J connectivity index is 2.49. The van der Waals surface area contributed by atoms with E-state index in [-0.39, 0.29) is 12.1 Å². The van der Waals surface area contributed by atoms with Crippen LogP contribution in [0.1, 0.15) is 33.6 Å². The van der Waals surface area contributed by atoms with Crippen LogP contribution < -0.4 is 5.32 Å². The van der Waals surface area contributed by atoms with Gasteiger partial charge in [-0.05, 0) is 45.2 Å². The third-order valence-electron chi connectivity index (χ3n) is 2.39. The van der Waals surface area contributed by atoms with Gasteiger partial charge in [0.25, 0.3) is 0 Å². The molecule has 2 amide bonds. The molecule has 0 aromatic rings. The van der Waals surface area contributed by atoms with Gasteiger partial charge in [-0.2, -0.15) is 0 Å². The van der Waals surface area contributed by atoms with E-state index in [0.717, 1.165) is 12.8 Å². The van der Waals surface area contributed by atoms with Crippen LogP contribution in [-0.2, 0) is 4.74 Å². The zero-order chi connectivity index (χ0) is 13.1. The molecule has 1 fully saturated rings. The molecule has 0 bridgehead atoms. The molecule has 0 aromatic carbocycles. The molecule has 0 aromatic heterocycles. The van der Waals surface area contributed by atoms with E-state index in [9.17, 15) is 9.59 Å². The Morgan fingerprint density at radius 3 is 2.59 bits per heavy atom. The monoisotopic (exact) mass is 262 g/mol. The topological polar surface area (TPSA) is 58.6 Å². The van der Waals surface area contributed by atoms with Crippen molar-refractivity contribution in [2.24, 2.45) is 0 Å². The Labute approximate surface area is 106 Å². The van der Waals surface area contributed by atoms with Crippen molar-refractivity contribution in [3.63, 3.8) is 0 Å². The van der Waals surface area contributed by atoms with Crippen molar-refractivity contribution in [2.45, 2.75) is 45.3 Å². The third-order valence-corrected chi connectivity index (χ3v) is 2.50. The van der Waals surface area contributed by atoms with Gasteiger partial charge in [-0.15, -0.1) is 0 Å². The van der Waals surface area contributed by atoms with Crippen molar-refractivity contribution < 1.29 is 14.3 Å². The highest BCUT2D eigenvalue weighted by Crippen LogP contribution is 2.15. The summed E-state index contributed by atoms with van der Waals surface area (Å²) in [5.41, 5.74) is -0.500. The molecule has 1 aliphatic heterocycles. The van der Waals surface area contributed by atoms with Gasteiger partial charge in [-0.1, -0.05) is 0 Å². The number of hydrogen-bond acceptors (Lipinski definition) is 3. The lowest BCUT2D eigenvalue weighted by molar-refractivity contribution is 0.0192. The van der Waals surface area contributed by atoms with Crippen molar-refractivity contribution in [3.8, 4) is 0 Å². The van der Waals surface area contributed by atoms with Crippen LogP contribution >= 0.6 is 11.6 Å². The summed E-state index contributed by atoms with van der Waals surface area (Å²) >= 11 is 5.26. The lowest BCUT2D eigenvalue weighted by Crippen LogP contribution is -2.49. The Kier molecular flexibility index (Phi) is 4.62. The highest BCUT2D eigenvalue weighted by molar-refractivity contribution is 6.62. The second-order valence-electron chi connectivity index (χ2n) is 5.18. The summed E-state index contributed by atoms with van der Waals surface area (Å²) in [7, 11) is 0. The SMILES string of the molecule is CC(C)(C)OC(=O)N1CCC[C@H](NC(=O)Cl)C1. The second kappa shape index (κ2) is 5.58. The minimum absolute atomic E-state index is 0.0822. The van der Waals surface area contributed by atoms with Gasteiger partial charge in [-0.25, -0.2) is 4.79 Å². The maximum Gasteiger partial charge on any atom is 0.410 e. The van der Waals surface area contributed by atoms with Crippen LogP contribution in [0.4, 0.5) is 9.59 Å². The predicted molar refractivity (Wildman–Crippen MR) is 65.2 cm³/mol. The number of carbonyl (C=O) groups is 2. The molecule has 1 rings (SSSR count). The van der Waals surface area contributed by atoms with Crippen molar-refractivity contribution >= 4 is 23.1 Å². The smallest absolute Gasteiger partial charge is 0.410 e. The van der Waals surface area contributed by atoms with Crippen molar-refractivity contribution in [2.75, 3.05) is 13.1 Å². The molecule has 17 heavy (non-hydrogen) atoms. The largest absolute Gasteiger partial charge is 0.444 e. The molecule has 0 spiro atoms. The molecular formula is C11H19ClN2O3. The third kappa shape index (κ3) is 5.26. The zero-order valence-corrected chi connectivity index (χ0v) is 11.2. The molecule has 0 unspecified atom stereocenters. The van der Waals surface area contributed by atoms with Gasteiger partial charge in [0.15, 0.2) is 0 Å². The number of likely N-dealkylation sites (tertiary alicyclic amines) is 1. The van der Waals surface area contributed by atoms with E-state index in [2.05, 4.69) is 5.32 Å². The van der Waals surface area contributed by atoms with Gasteiger partial charge in [0.1, 0.15) is 5.60 Å². The fourth-order valence-electron chi connectivity index (χ4n) is 1.75. The maximum absolute atomic E-state index is 11.8. The van der Waals surface area contributed by atoms with Crippen LogP contribution in [0.5, 0.6) is 0 Å². The molecule has 0 aliphatic carbocycles. The number of amides is 2. The van der Waals surface area contributed by atoms with Crippen molar-refractivity contribution in [1.29, 1.82) is 0 Å². The van der Waals surface area contributed by atoms with E-state index >= 15 is 0 Å². The molecule has 0 saturated carbocycles. The van der Waals surface area contributed by atoms with Crippen LogP contribution in [-0.4, -0.2) is 41.1 Å². The Hall–Kier alpha value is -0.970. The quantitative estimate of drug-likeness (QED) is 0.583. The van der Waals surface area contributed by atoms with E-state index in [1.807, 2.05) is 20.8 Å². The van der Waals surface area contributed by atoms with Gasteiger partial charge < -0.3 is 15.0 Å². The van der Waals surface area contributed by atoms with Gasteiger partial charge >= 0.3 is 11.5 Å². The van der Waals surface area contributed by atoms with Gasteiger partial charge in [0.05, 0.1) is 0 Å². The summed E-state index contributed by atoms with van der Waals surface area (Å²) in [6.07, 6.45) is 1.32. The Morgan fingerprint density at radius 2 is 2.06 bits per heavy atom. The Morgan fingerprint density at radius 1 is 1.41 bits per heavy atom. The number of ether oxygens (including phenoxy) is 1. The first-order valence-electron chi connectivity index (χ1n) is 5.72. The summed E-state index contributed by atoms with van der Waals surface area (Å²) in [5, 5.41) is 2.02. The molecule has 1 atom stereocenters. The van der Waals surface area contributed by atoms with E-state index in [1.165, 1.54) is 0 Å². The zero-order valence-electron chi connectivity index (χ0n) is 10.5. The molecule has 6 heteroatoms. The number of nitrogens with zero attached hydrogens (tertiary/aromatic N) is 1. The first kappa shape index (κ1) is 14.1. The molecule has 1 N–H and O–H groups in total. The van der Waals surface area contributed by atoms with Crippen LogP contribution in [0.25, 0.3) is 0 Å². The van der Waals surface area contributed by atoms with Gasteiger partial charge in [0.2, 0.25) is 0 Å². The summed E-state index contributed by atoms with van der Waals surface area (Å²) in [4.78, 5) is 24.1. The summed E-state index contributed by atoms with van der Waals surface area (Å²) < 4.78 is 5.27. The van der Waals surface area contributed by atoms with Crippen molar-refractivity contribution in [3.05, 3.63) is 0 Å². The fourth-order valence-corrected chi connectivity index (χ4v) is 1.90. The van der Waals surface area contributed by atoms with Crippen LogP contribution in [0.15, 0.2) is 0 Å². The first-order chi connectivity index (χ1) is 7.78. The summed E-state index contributed by atoms with van der Waals surface area (Å²) in [6, 6.07) is -0.0822. The molecule has 1 aliphatic rings. The number of hydrogen-bond donors (Lipinski definition) is 1. The maximum atomic E-state index is 11.8. The lowest BCUT2D eigenvalue weighted by atomic mass is 10.1. The van der Waals surface area contributed by atoms with E-state index < -0.39 is 11.0 Å². The molecule has 5 nitrogen and oxygen atoms in total. The lowest BCUT2D eigenvalue weighted by Gasteiger charge is -2.34. The highest BCUT2D eigenvalue weighted by atomic mass is 35.5. The first-order valence-corrected chi connectivity index (χ1v) is 6.09. The summed E-state index contributed by atoms with van der Waals surface area (Å²) in [5.74, 6) is 0. The normalized spacial score (nSPS) is 20.9. The summed E-state index contributed by atoms with van der Waals surface area (Å²) in [6.45, 7) is 6.59. The number of nitrogens with one attached hydrogen (secondary N) is 1. The van der Waals surface area contributed by atoms with Crippen LogP contribution in [0, 0.1) is 0 Å². The standard InChI is InChI=1S/C11H19ClN2O3/c1-11(2,3)17-10(16)14-6-4-5-8(7-14)13-9(12)15/h8H,4-7H2,1-3H3,(H,13,15)/t8-/m0/s1. The van der Waals surface area contributed by atoms with Crippen LogP contribution in [0.3, 0.4) is 0 Å². The van der Waals surface area contributed by atoms with Gasteiger partial charge in [0, 0.05) is 19.1 Å². The predicted octanol–water partition coefficient (Wildman–Crippen LogP) is 2.33. The molecule has 1 heterocycles. The van der Waals surface area contributed by atoms with E-state index in [4.69, 9.17) is 16.3 Å². The number of carbonyl (C=O) groups excluding carboxylic acids is 2. The minimum Gasteiger partial charge on any atom is -0.444 e. The highest BCUT2D eigenvalue weighted by Gasteiger charge is 2.27. The van der Waals surface area contributed by atoms with Crippen molar-refractivity contribution in [1.82, 2.24) is 10.2 Å². The molecule has 1 saturated heterocycles. The van der Waals surface area contributed by atoms with E-state index in [1.54, 1.807) is 4.90 Å². The molecule has 98 valence electrons. The fraction of sp³-hybridized carbons (Fsp3) is 0.818. The van der Waals surface area contributed by atoms with Crippen LogP contribution in [0.2, 0.25) is 0 Å². The molecular weight excluding hydrogens is 244 g/mol. The Bertz CT molecular complexity index is 302. The molecule has 0 radical (unpaired) electrons. The van der Waals surface area contributed by atoms with E-state index in [0.29, 0.717) is 13.1 Å². The minimum atomic E-state index is -0.582. The average Bonchev–Trinajstić information content (AvgIpc) is 2.14. The number of piperidine rings is 1.